The average molecular weight is 296 g/mol. The van der Waals surface area contributed by atoms with E-state index in [-0.39, 0.29) is 5.91 Å². The van der Waals surface area contributed by atoms with Gasteiger partial charge >= 0.3 is 0 Å². The molecule has 0 spiro atoms. The van der Waals surface area contributed by atoms with Crippen LogP contribution in [0.15, 0.2) is 47.1 Å². The van der Waals surface area contributed by atoms with Crippen molar-refractivity contribution in [1.82, 2.24) is 9.80 Å². The quantitative estimate of drug-likeness (QED) is 0.855. The summed E-state index contributed by atoms with van der Waals surface area (Å²) >= 11 is 0. The summed E-state index contributed by atoms with van der Waals surface area (Å²) in [7, 11) is 2.16. The summed E-state index contributed by atoms with van der Waals surface area (Å²) in [4.78, 5) is 17.2. The van der Waals surface area contributed by atoms with Gasteiger partial charge in [0, 0.05) is 30.3 Å². The standard InChI is InChI=1S/C18H20N2O2/c1-19-8-7-15-11-20(12-16(15)19)18(21)14-5-2-4-13(10-14)17-6-3-9-22-17/h2-6,9-10,15-16H,7-8,11-12H2,1H3/t15-,16+/m1/s1. The zero-order chi connectivity index (χ0) is 15.1. The number of likely N-dealkylation sites (tertiary alicyclic amines) is 2. The van der Waals surface area contributed by atoms with Crippen molar-refractivity contribution >= 4 is 5.91 Å². The van der Waals surface area contributed by atoms with Gasteiger partial charge in [0.2, 0.25) is 0 Å². The summed E-state index contributed by atoms with van der Waals surface area (Å²) in [6.07, 6.45) is 2.86. The normalized spacial score (nSPS) is 24.7. The largest absolute Gasteiger partial charge is 0.464 e. The first kappa shape index (κ1) is 13.6. The minimum absolute atomic E-state index is 0.135. The van der Waals surface area contributed by atoms with Gasteiger partial charge in [-0.3, -0.25) is 4.79 Å². The molecule has 2 fully saturated rings. The first-order chi connectivity index (χ1) is 10.7. The molecule has 1 aromatic heterocycles. The first-order valence-electron chi connectivity index (χ1n) is 7.86. The van der Waals surface area contributed by atoms with Crippen LogP contribution in [-0.4, -0.2) is 48.4 Å². The number of hydrogen-bond donors (Lipinski definition) is 0. The molecule has 2 aromatic rings. The van der Waals surface area contributed by atoms with E-state index in [0.717, 1.165) is 36.5 Å². The lowest BCUT2D eigenvalue weighted by atomic mass is 10.1. The number of benzene rings is 1. The smallest absolute Gasteiger partial charge is 0.253 e. The highest BCUT2D eigenvalue weighted by Gasteiger charge is 2.41. The number of rotatable bonds is 2. The number of furan rings is 1. The maximum atomic E-state index is 12.8. The third-order valence-corrected chi connectivity index (χ3v) is 5.03. The van der Waals surface area contributed by atoms with E-state index in [1.165, 1.54) is 6.42 Å². The van der Waals surface area contributed by atoms with Gasteiger partial charge in [0.25, 0.3) is 5.91 Å². The van der Waals surface area contributed by atoms with E-state index in [4.69, 9.17) is 4.42 Å². The number of amides is 1. The van der Waals surface area contributed by atoms with E-state index >= 15 is 0 Å². The fourth-order valence-corrected chi connectivity index (χ4v) is 3.77. The lowest BCUT2D eigenvalue weighted by Gasteiger charge is -2.21. The van der Waals surface area contributed by atoms with Gasteiger partial charge in [-0.1, -0.05) is 12.1 Å². The second kappa shape index (κ2) is 5.29. The van der Waals surface area contributed by atoms with Crippen LogP contribution < -0.4 is 0 Å². The van der Waals surface area contributed by atoms with Crippen molar-refractivity contribution in [3.8, 4) is 11.3 Å². The van der Waals surface area contributed by atoms with Gasteiger partial charge in [-0.2, -0.15) is 0 Å². The summed E-state index contributed by atoms with van der Waals surface area (Å²) < 4.78 is 5.42. The molecule has 4 rings (SSSR count). The topological polar surface area (TPSA) is 36.7 Å². The number of carbonyl (C=O) groups is 1. The number of carbonyl (C=O) groups excluding carboxylic acids is 1. The van der Waals surface area contributed by atoms with Gasteiger partial charge in [0.05, 0.1) is 6.26 Å². The number of hydrogen-bond acceptors (Lipinski definition) is 3. The Morgan fingerprint density at radius 3 is 2.91 bits per heavy atom. The van der Waals surface area contributed by atoms with Crippen LogP contribution in [0, 0.1) is 5.92 Å². The molecular weight excluding hydrogens is 276 g/mol. The Morgan fingerprint density at radius 1 is 1.23 bits per heavy atom. The van der Waals surface area contributed by atoms with Crippen LogP contribution in [0.5, 0.6) is 0 Å². The van der Waals surface area contributed by atoms with Gasteiger partial charge in [-0.25, -0.2) is 0 Å². The SMILES string of the molecule is CN1CC[C@@H]2CN(C(=O)c3cccc(-c4ccco4)c3)C[C@@H]21. The summed E-state index contributed by atoms with van der Waals surface area (Å²) in [6.45, 7) is 2.90. The molecule has 0 N–H and O–H groups in total. The lowest BCUT2D eigenvalue weighted by Crippen LogP contribution is -2.35. The van der Waals surface area contributed by atoms with Crippen molar-refractivity contribution in [1.29, 1.82) is 0 Å². The Labute approximate surface area is 130 Å². The average Bonchev–Trinajstić information content (AvgIpc) is 3.25. The maximum Gasteiger partial charge on any atom is 0.253 e. The van der Waals surface area contributed by atoms with Gasteiger partial charge in [0.15, 0.2) is 0 Å². The summed E-state index contributed by atoms with van der Waals surface area (Å²) in [5.74, 6) is 1.58. The second-order valence-electron chi connectivity index (χ2n) is 6.36. The molecule has 4 nitrogen and oxygen atoms in total. The highest BCUT2D eigenvalue weighted by Crippen LogP contribution is 2.31. The third kappa shape index (κ3) is 2.24. The Balaban J connectivity index is 1.55. The fraction of sp³-hybridized carbons (Fsp3) is 0.389. The monoisotopic (exact) mass is 296 g/mol. The van der Waals surface area contributed by atoms with Gasteiger partial charge in [-0.15, -0.1) is 0 Å². The molecule has 0 radical (unpaired) electrons. The summed E-state index contributed by atoms with van der Waals surface area (Å²) in [5.41, 5.74) is 1.70. The molecule has 2 aliphatic heterocycles. The van der Waals surface area contributed by atoms with Crippen LogP contribution in [0.4, 0.5) is 0 Å². The van der Waals surface area contributed by atoms with Crippen LogP contribution in [0.25, 0.3) is 11.3 Å². The molecule has 0 unspecified atom stereocenters. The molecule has 1 amide bonds. The van der Waals surface area contributed by atoms with Crippen LogP contribution in [0.2, 0.25) is 0 Å². The second-order valence-corrected chi connectivity index (χ2v) is 6.36. The molecule has 2 atom stereocenters. The molecule has 2 saturated heterocycles. The summed E-state index contributed by atoms with van der Waals surface area (Å²) in [6, 6.07) is 12.0. The van der Waals surface area contributed by atoms with Crippen molar-refractivity contribution in [2.75, 3.05) is 26.7 Å². The van der Waals surface area contributed by atoms with E-state index in [0.29, 0.717) is 12.0 Å². The van der Waals surface area contributed by atoms with Crippen LogP contribution in [0.1, 0.15) is 16.8 Å². The summed E-state index contributed by atoms with van der Waals surface area (Å²) in [5, 5.41) is 0. The van der Waals surface area contributed by atoms with Gasteiger partial charge in [-0.05, 0) is 50.2 Å². The van der Waals surface area contributed by atoms with E-state index in [9.17, 15) is 4.79 Å². The zero-order valence-corrected chi connectivity index (χ0v) is 12.7. The molecular formula is C18H20N2O2. The van der Waals surface area contributed by atoms with Crippen LogP contribution in [-0.2, 0) is 0 Å². The number of fused-ring (bicyclic) bond motifs is 1. The van der Waals surface area contributed by atoms with E-state index < -0.39 is 0 Å². The number of nitrogens with zero attached hydrogens (tertiary/aromatic N) is 2. The molecule has 4 heteroatoms. The molecule has 2 aliphatic rings. The zero-order valence-electron chi connectivity index (χ0n) is 12.7. The highest BCUT2D eigenvalue weighted by atomic mass is 16.3. The van der Waals surface area contributed by atoms with Crippen molar-refractivity contribution in [2.24, 2.45) is 5.92 Å². The molecule has 22 heavy (non-hydrogen) atoms. The minimum Gasteiger partial charge on any atom is -0.464 e. The van der Waals surface area contributed by atoms with E-state index in [2.05, 4.69) is 11.9 Å². The Hall–Kier alpha value is -2.07. The lowest BCUT2D eigenvalue weighted by molar-refractivity contribution is 0.0774. The van der Waals surface area contributed by atoms with Crippen LogP contribution >= 0.6 is 0 Å². The first-order valence-corrected chi connectivity index (χ1v) is 7.86. The van der Waals surface area contributed by atoms with Crippen molar-refractivity contribution in [2.45, 2.75) is 12.5 Å². The van der Waals surface area contributed by atoms with Gasteiger partial charge in [0.1, 0.15) is 5.76 Å². The van der Waals surface area contributed by atoms with Crippen molar-refractivity contribution < 1.29 is 9.21 Å². The molecule has 0 saturated carbocycles. The van der Waals surface area contributed by atoms with Gasteiger partial charge < -0.3 is 14.2 Å². The van der Waals surface area contributed by atoms with Crippen LogP contribution in [0.3, 0.4) is 0 Å². The Kier molecular flexibility index (Phi) is 3.26. The van der Waals surface area contributed by atoms with E-state index in [1.54, 1.807) is 6.26 Å². The minimum atomic E-state index is 0.135. The predicted molar refractivity (Wildman–Crippen MR) is 84.6 cm³/mol. The molecule has 0 aliphatic carbocycles. The Morgan fingerprint density at radius 2 is 2.14 bits per heavy atom. The number of likely N-dealkylation sites (N-methyl/N-ethyl adjacent to an activating group) is 1. The third-order valence-electron chi connectivity index (χ3n) is 5.03. The molecule has 114 valence electrons. The molecule has 0 bridgehead atoms. The fourth-order valence-electron chi connectivity index (χ4n) is 3.77. The Bertz CT molecular complexity index is 680. The van der Waals surface area contributed by atoms with Crippen molar-refractivity contribution in [3.05, 3.63) is 48.2 Å². The molecule has 3 heterocycles. The van der Waals surface area contributed by atoms with E-state index in [1.807, 2.05) is 41.3 Å². The van der Waals surface area contributed by atoms with Crippen molar-refractivity contribution in [3.63, 3.8) is 0 Å². The molecule has 1 aromatic carbocycles. The predicted octanol–water partition coefficient (Wildman–Crippen LogP) is 2.72. The highest BCUT2D eigenvalue weighted by molar-refractivity contribution is 5.95. The maximum absolute atomic E-state index is 12.8.